The number of ether oxygens (including phenoxy) is 2. The highest BCUT2D eigenvalue weighted by Gasteiger charge is 2.16. The maximum Gasteiger partial charge on any atom is 0.238 e. The first-order chi connectivity index (χ1) is 9.06. The molecule has 0 radical (unpaired) electrons. The minimum atomic E-state index is 0.477. The number of aryl methyl sites for hydroxylation is 1. The third-order valence-corrected chi connectivity index (χ3v) is 3.32. The number of nitrogens with zero attached hydrogens (tertiary/aromatic N) is 2. The zero-order valence-electron chi connectivity index (χ0n) is 12.4. The lowest BCUT2D eigenvalue weighted by Gasteiger charge is -2.12. The Morgan fingerprint density at radius 2 is 2.05 bits per heavy atom. The molecule has 0 saturated carbocycles. The predicted molar refractivity (Wildman–Crippen MR) is 76.5 cm³/mol. The largest absolute Gasteiger partial charge is 0.476 e. The van der Waals surface area contributed by atoms with Crippen LogP contribution in [-0.2, 0) is 11.5 Å². The van der Waals surface area contributed by atoms with Crippen molar-refractivity contribution in [3.05, 3.63) is 23.5 Å². The van der Waals surface area contributed by atoms with Gasteiger partial charge in [-0.25, -0.2) is 4.98 Å². The highest BCUT2D eigenvalue weighted by atomic mass is 16.5. The smallest absolute Gasteiger partial charge is 0.238 e. The molecule has 2 rings (SSSR count). The van der Waals surface area contributed by atoms with E-state index >= 15 is 0 Å². The number of hydrogen-bond acceptors (Lipinski definition) is 3. The van der Waals surface area contributed by atoms with Gasteiger partial charge < -0.3 is 14.0 Å². The van der Waals surface area contributed by atoms with E-state index in [1.165, 1.54) is 16.6 Å². The summed E-state index contributed by atoms with van der Waals surface area (Å²) in [6.45, 7) is 9.66. The van der Waals surface area contributed by atoms with E-state index in [0.717, 1.165) is 5.52 Å². The van der Waals surface area contributed by atoms with Gasteiger partial charge in [-0.1, -0.05) is 13.8 Å². The molecule has 0 aliphatic carbocycles. The van der Waals surface area contributed by atoms with Crippen LogP contribution in [-0.4, -0.2) is 23.3 Å². The number of methoxy groups -OCH3 is 1. The fourth-order valence-corrected chi connectivity index (χ4v) is 2.20. The van der Waals surface area contributed by atoms with Crippen LogP contribution in [0, 0.1) is 19.8 Å². The number of pyridine rings is 1. The van der Waals surface area contributed by atoms with Crippen LogP contribution in [0.2, 0.25) is 0 Å². The quantitative estimate of drug-likeness (QED) is 0.829. The molecule has 0 unspecified atom stereocenters. The van der Waals surface area contributed by atoms with E-state index in [9.17, 15) is 0 Å². The normalized spacial score (nSPS) is 11.5. The predicted octanol–water partition coefficient (Wildman–Crippen LogP) is 3.29. The first-order valence-electron chi connectivity index (χ1n) is 6.62. The van der Waals surface area contributed by atoms with E-state index in [1.54, 1.807) is 7.11 Å². The van der Waals surface area contributed by atoms with Crippen molar-refractivity contribution in [1.29, 1.82) is 0 Å². The van der Waals surface area contributed by atoms with Crippen molar-refractivity contribution in [2.45, 2.75) is 34.4 Å². The van der Waals surface area contributed by atoms with Crippen LogP contribution >= 0.6 is 0 Å². The molecule has 2 heterocycles. The summed E-state index contributed by atoms with van der Waals surface area (Å²) in [7, 11) is 1.70. The molecule has 0 spiro atoms. The molecule has 4 heteroatoms. The Hall–Kier alpha value is -1.55. The van der Waals surface area contributed by atoms with E-state index in [0.29, 0.717) is 25.1 Å². The molecule has 0 bridgehead atoms. The van der Waals surface area contributed by atoms with Crippen LogP contribution in [0.1, 0.15) is 25.1 Å². The molecule has 2 aromatic heterocycles. The fraction of sp³-hybridized carbons (Fsp3) is 0.533. The number of rotatable bonds is 5. The third kappa shape index (κ3) is 2.59. The van der Waals surface area contributed by atoms with Crippen LogP contribution < -0.4 is 4.74 Å². The van der Waals surface area contributed by atoms with Crippen molar-refractivity contribution in [3.8, 4) is 5.88 Å². The Labute approximate surface area is 114 Å². The molecule has 0 atom stereocenters. The van der Waals surface area contributed by atoms with Crippen LogP contribution in [0.25, 0.3) is 10.9 Å². The summed E-state index contributed by atoms with van der Waals surface area (Å²) in [5.74, 6) is 1.17. The van der Waals surface area contributed by atoms with Crippen molar-refractivity contribution in [2.75, 3.05) is 13.7 Å². The minimum absolute atomic E-state index is 0.477. The summed E-state index contributed by atoms with van der Waals surface area (Å²) >= 11 is 0. The minimum Gasteiger partial charge on any atom is -0.476 e. The van der Waals surface area contributed by atoms with Crippen molar-refractivity contribution >= 4 is 10.9 Å². The number of fused-ring (bicyclic) bond motifs is 1. The molecule has 0 aliphatic heterocycles. The van der Waals surface area contributed by atoms with Gasteiger partial charge in [0.15, 0.2) is 0 Å². The average Bonchev–Trinajstić information content (AvgIpc) is 2.63. The van der Waals surface area contributed by atoms with E-state index < -0.39 is 0 Å². The molecule has 0 aromatic carbocycles. The molecular weight excluding hydrogens is 240 g/mol. The van der Waals surface area contributed by atoms with Gasteiger partial charge in [0.1, 0.15) is 12.2 Å². The Kier molecular flexibility index (Phi) is 4.10. The van der Waals surface area contributed by atoms with Crippen LogP contribution in [0.3, 0.4) is 0 Å². The van der Waals surface area contributed by atoms with Crippen LogP contribution in [0.15, 0.2) is 12.3 Å². The highest BCUT2D eigenvalue weighted by Crippen LogP contribution is 2.30. The summed E-state index contributed by atoms with van der Waals surface area (Å²) in [5, 5.41) is 1.18. The lowest BCUT2D eigenvalue weighted by Crippen LogP contribution is -2.08. The second-order valence-electron chi connectivity index (χ2n) is 5.27. The molecule has 104 valence electrons. The lowest BCUT2D eigenvalue weighted by atomic mass is 10.2. The molecule has 0 aliphatic rings. The van der Waals surface area contributed by atoms with Crippen molar-refractivity contribution in [3.63, 3.8) is 0 Å². The van der Waals surface area contributed by atoms with Gasteiger partial charge in [0, 0.05) is 24.4 Å². The molecule has 4 nitrogen and oxygen atoms in total. The zero-order chi connectivity index (χ0) is 14.0. The average molecular weight is 262 g/mol. The summed E-state index contributed by atoms with van der Waals surface area (Å²) in [4.78, 5) is 4.38. The van der Waals surface area contributed by atoms with Crippen molar-refractivity contribution in [2.24, 2.45) is 5.92 Å². The molecule has 2 aromatic rings. The number of hydrogen-bond donors (Lipinski definition) is 0. The SMILES string of the molecule is COCn1c(C)c(C)c2ccnc(OCC(C)C)c21. The third-order valence-electron chi connectivity index (χ3n) is 3.32. The Morgan fingerprint density at radius 3 is 2.68 bits per heavy atom. The van der Waals surface area contributed by atoms with E-state index in [2.05, 4.69) is 37.2 Å². The second-order valence-corrected chi connectivity index (χ2v) is 5.27. The van der Waals surface area contributed by atoms with Crippen LogP contribution in [0.4, 0.5) is 0 Å². The van der Waals surface area contributed by atoms with Gasteiger partial charge >= 0.3 is 0 Å². The topological polar surface area (TPSA) is 36.3 Å². The Bertz CT molecular complexity index is 573. The zero-order valence-corrected chi connectivity index (χ0v) is 12.4. The molecule has 0 N–H and O–H groups in total. The fourth-order valence-electron chi connectivity index (χ4n) is 2.20. The van der Waals surface area contributed by atoms with Gasteiger partial charge in [0.2, 0.25) is 5.88 Å². The summed E-state index contributed by atoms with van der Waals surface area (Å²) in [6, 6.07) is 2.03. The molecule has 0 saturated heterocycles. The second kappa shape index (κ2) is 5.61. The van der Waals surface area contributed by atoms with Gasteiger partial charge in [-0.2, -0.15) is 0 Å². The van der Waals surface area contributed by atoms with Gasteiger partial charge in [0.05, 0.1) is 6.61 Å². The van der Waals surface area contributed by atoms with E-state index in [1.807, 2.05) is 12.3 Å². The van der Waals surface area contributed by atoms with E-state index in [4.69, 9.17) is 9.47 Å². The molecule has 19 heavy (non-hydrogen) atoms. The highest BCUT2D eigenvalue weighted by molar-refractivity contribution is 5.88. The summed E-state index contributed by atoms with van der Waals surface area (Å²) < 4.78 is 13.3. The molecule has 0 amide bonds. The summed E-state index contributed by atoms with van der Waals surface area (Å²) in [5.41, 5.74) is 3.48. The van der Waals surface area contributed by atoms with Gasteiger partial charge in [-0.05, 0) is 31.4 Å². The monoisotopic (exact) mass is 262 g/mol. The Morgan fingerprint density at radius 1 is 1.32 bits per heavy atom. The molecule has 0 fully saturated rings. The van der Waals surface area contributed by atoms with E-state index in [-0.39, 0.29) is 0 Å². The maximum absolute atomic E-state index is 5.85. The van der Waals surface area contributed by atoms with Gasteiger partial charge in [0.25, 0.3) is 0 Å². The van der Waals surface area contributed by atoms with Gasteiger partial charge in [-0.15, -0.1) is 0 Å². The van der Waals surface area contributed by atoms with Crippen LogP contribution in [0.5, 0.6) is 5.88 Å². The maximum atomic E-state index is 5.85. The Balaban J connectivity index is 2.55. The lowest BCUT2D eigenvalue weighted by molar-refractivity contribution is 0.132. The van der Waals surface area contributed by atoms with Gasteiger partial charge in [-0.3, -0.25) is 0 Å². The first kappa shape index (κ1) is 13.9. The summed E-state index contributed by atoms with van der Waals surface area (Å²) in [6.07, 6.45) is 1.81. The standard InChI is InChI=1S/C15H22N2O2/c1-10(2)8-19-15-14-13(6-7-16-15)11(3)12(4)17(14)9-18-5/h6-7,10H,8-9H2,1-5H3. The number of aromatic nitrogens is 2. The van der Waals surface area contributed by atoms with Crippen molar-refractivity contribution < 1.29 is 9.47 Å². The van der Waals surface area contributed by atoms with Crippen molar-refractivity contribution in [1.82, 2.24) is 9.55 Å². The first-order valence-corrected chi connectivity index (χ1v) is 6.62. The molecular formula is C15H22N2O2.